The molecule has 1 atom stereocenters. The van der Waals surface area contributed by atoms with Gasteiger partial charge in [0.1, 0.15) is 6.04 Å². The Bertz CT molecular complexity index is 786. The SMILES string of the molecule is CCCCc1ccc2c(c1)[C@H](NC(C)=O)C(=O)N2CCc1ccccc1. The molecule has 0 aromatic heterocycles. The molecule has 136 valence electrons. The number of hydrogen-bond acceptors (Lipinski definition) is 2. The van der Waals surface area contributed by atoms with Crippen LogP contribution in [0.15, 0.2) is 48.5 Å². The number of hydrogen-bond donors (Lipinski definition) is 1. The molecule has 2 aromatic rings. The summed E-state index contributed by atoms with van der Waals surface area (Å²) in [5, 5.41) is 2.83. The summed E-state index contributed by atoms with van der Waals surface area (Å²) >= 11 is 0. The summed E-state index contributed by atoms with van der Waals surface area (Å²) < 4.78 is 0. The zero-order valence-electron chi connectivity index (χ0n) is 15.5. The maximum Gasteiger partial charge on any atom is 0.254 e. The van der Waals surface area contributed by atoms with Crippen molar-refractivity contribution in [1.82, 2.24) is 5.32 Å². The minimum Gasteiger partial charge on any atom is -0.341 e. The number of amides is 2. The average Bonchev–Trinajstić information content (AvgIpc) is 2.90. The predicted molar refractivity (Wildman–Crippen MR) is 104 cm³/mol. The second kappa shape index (κ2) is 8.17. The Balaban J connectivity index is 1.85. The highest BCUT2D eigenvalue weighted by atomic mass is 16.2. The maximum atomic E-state index is 13.0. The third kappa shape index (κ3) is 3.96. The van der Waals surface area contributed by atoms with E-state index in [0.717, 1.165) is 36.9 Å². The van der Waals surface area contributed by atoms with Gasteiger partial charge in [-0.05, 0) is 36.5 Å². The smallest absolute Gasteiger partial charge is 0.254 e. The molecule has 4 nitrogen and oxygen atoms in total. The lowest BCUT2D eigenvalue weighted by atomic mass is 10.0. The van der Waals surface area contributed by atoms with Crippen molar-refractivity contribution in [1.29, 1.82) is 0 Å². The van der Waals surface area contributed by atoms with Crippen LogP contribution in [0.4, 0.5) is 5.69 Å². The van der Waals surface area contributed by atoms with E-state index in [-0.39, 0.29) is 11.8 Å². The predicted octanol–water partition coefficient (Wildman–Crippen LogP) is 3.80. The fourth-order valence-electron chi connectivity index (χ4n) is 3.48. The molecule has 0 fully saturated rings. The molecule has 0 bridgehead atoms. The number of carbonyl (C=O) groups excluding carboxylic acids is 2. The lowest BCUT2D eigenvalue weighted by Gasteiger charge is -2.18. The van der Waals surface area contributed by atoms with Crippen molar-refractivity contribution in [3.8, 4) is 0 Å². The molecule has 0 saturated carbocycles. The van der Waals surface area contributed by atoms with E-state index in [4.69, 9.17) is 0 Å². The Morgan fingerprint density at radius 3 is 2.54 bits per heavy atom. The molecular weight excluding hydrogens is 324 g/mol. The third-order valence-corrected chi connectivity index (χ3v) is 4.84. The molecule has 26 heavy (non-hydrogen) atoms. The number of nitrogens with one attached hydrogen (secondary N) is 1. The molecule has 1 aliphatic heterocycles. The Labute approximate surface area is 155 Å². The minimum absolute atomic E-state index is 0.0428. The standard InChI is InChI=1S/C22H26N2O2/c1-3-4-8-18-11-12-20-19(15-18)21(23-16(2)25)22(26)24(20)14-13-17-9-6-5-7-10-17/h5-7,9-12,15,21H,3-4,8,13-14H2,1-2H3,(H,23,25)/t21-/m0/s1. The fourth-order valence-corrected chi connectivity index (χ4v) is 3.48. The Kier molecular flexibility index (Phi) is 5.71. The van der Waals surface area contributed by atoms with Crippen LogP contribution in [0.25, 0.3) is 0 Å². The van der Waals surface area contributed by atoms with Crippen LogP contribution in [0.1, 0.15) is 49.4 Å². The summed E-state index contributed by atoms with van der Waals surface area (Å²) in [5.41, 5.74) is 4.26. The first-order chi connectivity index (χ1) is 12.6. The monoisotopic (exact) mass is 350 g/mol. The van der Waals surface area contributed by atoms with Crippen molar-refractivity contribution < 1.29 is 9.59 Å². The van der Waals surface area contributed by atoms with Gasteiger partial charge in [0.2, 0.25) is 5.91 Å². The molecule has 1 heterocycles. The van der Waals surface area contributed by atoms with Crippen LogP contribution in [-0.4, -0.2) is 18.4 Å². The first-order valence-corrected chi connectivity index (χ1v) is 9.35. The molecule has 2 amide bonds. The number of rotatable bonds is 7. The summed E-state index contributed by atoms with van der Waals surface area (Å²) in [4.78, 5) is 26.4. The number of benzene rings is 2. The second-order valence-electron chi connectivity index (χ2n) is 6.86. The molecule has 0 radical (unpaired) electrons. The first kappa shape index (κ1) is 18.2. The number of unbranched alkanes of at least 4 members (excludes halogenated alkanes) is 1. The number of fused-ring (bicyclic) bond motifs is 1. The van der Waals surface area contributed by atoms with E-state index in [9.17, 15) is 9.59 Å². The van der Waals surface area contributed by atoms with Gasteiger partial charge >= 0.3 is 0 Å². The molecule has 4 heteroatoms. The summed E-state index contributed by atoms with van der Waals surface area (Å²) in [5.74, 6) is -0.225. The van der Waals surface area contributed by atoms with Gasteiger partial charge in [-0.2, -0.15) is 0 Å². The lowest BCUT2D eigenvalue weighted by Crippen LogP contribution is -2.37. The fraction of sp³-hybridized carbons (Fsp3) is 0.364. The summed E-state index contributed by atoms with van der Waals surface area (Å²) in [6, 6.07) is 15.8. The van der Waals surface area contributed by atoms with Crippen molar-refractivity contribution in [2.75, 3.05) is 11.4 Å². The molecule has 2 aromatic carbocycles. The highest BCUT2D eigenvalue weighted by Crippen LogP contribution is 2.37. The zero-order valence-corrected chi connectivity index (χ0v) is 15.5. The van der Waals surface area contributed by atoms with E-state index in [1.54, 1.807) is 0 Å². The molecule has 0 unspecified atom stereocenters. The molecule has 0 spiro atoms. The number of anilines is 1. The van der Waals surface area contributed by atoms with E-state index in [1.807, 2.05) is 29.2 Å². The molecule has 1 N–H and O–H groups in total. The van der Waals surface area contributed by atoms with E-state index in [0.29, 0.717) is 6.54 Å². The maximum absolute atomic E-state index is 13.0. The summed E-state index contributed by atoms with van der Waals surface area (Å²) in [6.07, 6.45) is 4.04. The van der Waals surface area contributed by atoms with Crippen LogP contribution >= 0.6 is 0 Å². The quantitative estimate of drug-likeness (QED) is 0.826. The second-order valence-corrected chi connectivity index (χ2v) is 6.86. The minimum atomic E-state index is -0.570. The molecule has 3 rings (SSSR count). The van der Waals surface area contributed by atoms with Gasteiger partial charge in [0, 0.05) is 24.7 Å². The van der Waals surface area contributed by atoms with Crippen molar-refractivity contribution in [3.63, 3.8) is 0 Å². The molecule has 0 saturated heterocycles. The van der Waals surface area contributed by atoms with Gasteiger partial charge in [-0.15, -0.1) is 0 Å². The van der Waals surface area contributed by atoms with Gasteiger partial charge < -0.3 is 10.2 Å². The van der Waals surface area contributed by atoms with E-state index < -0.39 is 6.04 Å². The Morgan fingerprint density at radius 2 is 1.85 bits per heavy atom. The molecule has 1 aliphatic rings. The van der Waals surface area contributed by atoms with E-state index in [2.05, 4.69) is 36.5 Å². The Morgan fingerprint density at radius 1 is 1.08 bits per heavy atom. The Hall–Kier alpha value is -2.62. The number of nitrogens with zero attached hydrogens (tertiary/aromatic N) is 1. The topological polar surface area (TPSA) is 49.4 Å². The third-order valence-electron chi connectivity index (χ3n) is 4.84. The molecule has 0 aliphatic carbocycles. The van der Waals surface area contributed by atoms with E-state index in [1.165, 1.54) is 18.1 Å². The largest absolute Gasteiger partial charge is 0.341 e. The zero-order chi connectivity index (χ0) is 18.5. The van der Waals surface area contributed by atoms with Gasteiger partial charge in [0.05, 0.1) is 0 Å². The van der Waals surface area contributed by atoms with Gasteiger partial charge in [-0.3, -0.25) is 9.59 Å². The average molecular weight is 350 g/mol. The van der Waals surface area contributed by atoms with Gasteiger partial charge in [-0.25, -0.2) is 0 Å². The van der Waals surface area contributed by atoms with Crippen molar-refractivity contribution >= 4 is 17.5 Å². The first-order valence-electron chi connectivity index (χ1n) is 9.35. The van der Waals surface area contributed by atoms with Crippen molar-refractivity contribution in [3.05, 3.63) is 65.2 Å². The number of aryl methyl sites for hydroxylation is 1. The van der Waals surface area contributed by atoms with Gasteiger partial charge in [0.25, 0.3) is 5.91 Å². The van der Waals surface area contributed by atoms with Crippen LogP contribution < -0.4 is 10.2 Å². The van der Waals surface area contributed by atoms with Crippen LogP contribution in [0.3, 0.4) is 0 Å². The number of carbonyl (C=O) groups is 2. The van der Waals surface area contributed by atoms with Crippen LogP contribution in [0.5, 0.6) is 0 Å². The van der Waals surface area contributed by atoms with Crippen LogP contribution in [-0.2, 0) is 22.4 Å². The van der Waals surface area contributed by atoms with Gasteiger partial charge in [-0.1, -0.05) is 55.8 Å². The molecular formula is C22H26N2O2. The highest BCUT2D eigenvalue weighted by molar-refractivity contribution is 6.06. The highest BCUT2D eigenvalue weighted by Gasteiger charge is 2.37. The van der Waals surface area contributed by atoms with Crippen molar-refractivity contribution in [2.45, 2.75) is 45.6 Å². The van der Waals surface area contributed by atoms with E-state index >= 15 is 0 Å². The lowest BCUT2D eigenvalue weighted by molar-refractivity contribution is -0.126. The summed E-state index contributed by atoms with van der Waals surface area (Å²) in [6.45, 7) is 4.24. The van der Waals surface area contributed by atoms with Crippen LogP contribution in [0, 0.1) is 0 Å². The van der Waals surface area contributed by atoms with Gasteiger partial charge in [0.15, 0.2) is 0 Å². The summed E-state index contributed by atoms with van der Waals surface area (Å²) in [7, 11) is 0. The van der Waals surface area contributed by atoms with Crippen molar-refractivity contribution in [2.24, 2.45) is 0 Å². The van der Waals surface area contributed by atoms with Crippen LogP contribution in [0.2, 0.25) is 0 Å². The normalized spacial score (nSPS) is 15.8.